The smallest absolute Gasteiger partial charge is 0.229 e. The van der Waals surface area contributed by atoms with Crippen LogP contribution in [0.2, 0.25) is 0 Å². The van der Waals surface area contributed by atoms with Crippen molar-refractivity contribution in [3.05, 3.63) is 41.5 Å². The summed E-state index contributed by atoms with van der Waals surface area (Å²) in [7, 11) is 5.45. The SMILES string of the molecule is COc1cc([C@H](O)[C@@H](CO)Oc2c(OC)cc(/C=C/CO)cc2OC)cc(OC)c1O[C@@H]1O[C@H](CO)[C@@H](O)[C@H](O)[C@H]1O. The quantitative estimate of drug-likeness (QED) is 0.145. The van der Waals surface area contributed by atoms with Gasteiger partial charge in [-0.1, -0.05) is 12.2 Å². The van der Waals surface area contributed by atoms with E-state index in [1.807, 2.05) is 0 Å². The zero-order valence-corrected chi connectivity index (χ0v) is 23.6. The lowest BCUT2D eigenvalue weighted by molar-refractivity contribution is -0.277. The fraction of sp³-hybridized carbons (Fsp3) is 0.500. The Kier molecular flexibility index (Phi) is 12.0. The first-order valence-electron chi connectivity index (χ1n) is 12.9. The molecule has 0 amide bonds. The van der Waals surface area contributed by atoms with Gasteiger partial charge in [-0.3, -0.25) is 0 Å². The highest BCUT2D eigenvalue weighted by atomic mass is 16.7. The van der Waals surface area contributed by atoms with Crippen molar-refractivity contribution in [3.63, 3.8) is 0 Å². The largest absolute Gasteiger partial charge is 0.493 e. The number of hydrogen-bond donors (Lipinski definition) is 7. The lowest BCUT2D eigenvalue weighted by Gasteiger charge is -2.39. The summed E-state index contributed by atoms with van der Waals surface area (Å²) in [4.78, 5) is 0. The van der Waals surface area contributed by atoms with Gasteiger partial charge in [-0.25, -0.2) is 0 Å². The van der Waals surface area contributed by atoms with E-state index >= 15 is 0 Å². The highest BCUT2D eigenvalue weighted by Crippen LogP contribution is 2.44. The minimum Gasteiger partial charge on any atom is -0.493 e. The van der Waals surface area contributed by atoms with Crippen molar-refractivity contribution in [2.75, 3.05) is 48.3 Å². The van der Waals surface area contributed by atoms with E-state index < -0.39 is 56.1 Å². The minimum atomic E-state index is -1.69. The Balaban J connectivity index is 1.94. The molecule has 14 nitrogen and oxygen atoms in total. The number of rotatable bonds is 14. The van der Waals surface area contributed by atoms with Crippen molar-refractivity contribution < 1.29 is 68.9 Å². The zero-order chi connectivity index (χ0) is 31.0. The third-order valence-electron chi connectivity index (χ3n) is 6.61. The first kappa shape index (κ1) is 33.2. The lowest BCUT2D eigenvalue weighted by atomic mass is 9.99. The molecule has 1 heterocycles. The molecule has 2 aromatic carbocycles. The van der Waals surface area contributed by atoms with Gasteiger partial charge in [-0.05, 0) is 35.4 Å². The summed E-state index contributed by atoms with van der Waals surface area (Å²) in [5.41, 5.74) is 0.833. The second-order valence-electron chi connectivity index (χ2n) is 9.19. The summed E-state index contributed by atoms with van der Waals surface area (Å²) >= 11 is 0. The maximum Gasteiger partial charge on any atom is 0.229 e. The van der Waals surface area contributed by atoms with Crippen molar-refractivity contribution in [2.45, 2.75) is 42.9 Å². The second kappa shape index (κ2) is 15.2. The molecule has 0 radical (unpaired) electrons. The van der Waals surface area contributed by atoms with Crippen LogP contribution in [0, 0.1) is 0 Å². The number of aliphatic hydroxyl groups is 7. The highest BCUT2D eigenvalue weighted by molar-refractivity contribution is 5.62. The zero-order valence-electron chi connectivity index (χ0n) is 23.6. The maximum absolute atomic E-state index is 11.3. The summed E-state index contributed by atoms with van der Waals surface area (Å²) in [6.07, 6.45) is -7.18. The van der Waals surface area contributed by atoms with Gasteiger partial charge >= 0.3 is 0 Å². The molecule has 0 spiro atoms. The molecular formula is C28H38O14. The van der Waals surface area contributed by atoms with Crippen molar-refractivity contribution in [2.24, 2.45) is 0 Å². The van der Waals surface area contributed by atoms with Crippen LogP contribution in [0.1, 0.15) is 17.2 Å². The average molecular weight is 599 g/mol. The molecule has 42 heavy (non-hydrogen) atoms. The molecule has 0 aliphatic carbocycles. The van der Waals surface area contributed by atoms with Crippen LogP contribution < -0.4 is 28.4 Å². The van der Waals surface area contributed by atoms with E-state index in [9.17, 15) is 30.6 Å². The number of methoxy groups -OCH3 is 4. The first-order chi connectivity index (χ1) is 20.2. The molecule has 1 saturated heterocycles. The van der Waals surface area contributed by atoms with E-state index in [1.165, 1.54) is 46.6 Å². The van der Waals surface area contributed by atoms with Crippen molar-refractivity contribution in [1.29, 1.82) is 0 Å². The lowest BCUT2D eigenvalue weighted by Crippen LogP contribution is -2.60. The number of benzene rings is 2. The van der Waals surface area contributed by atoms with E-state index in [0.717, 1.165) is 0 Å². The molecule has 0 bridgehead atoms. The molecule has 0 unspecified atom stereocenters. The van der Waals surface area contributed by atoms with Crippen LogP contribution in [-0.2, 0) is 4.74 Å². The van der Waals surface area contributed by atoms with Crippen LogP contribution in [0.25, 0.3) is 6.08 Å². The van der Waals surface area contributed by atoms with Gasteiger partial charge in [0.15, 0.2) is 29.1 Å². The van der Waals surface area contributed by atoms with Gasteiger partial charge in [0.1, 0.15) is 30.5 Å². The number of ether oxygens (including phenoxy) is 7. The Hall–Kier alpha value is -3.34. The van der Waals surface area contributed by atoms with Gasteiger partial charge < -0.3 is 68.9 Å². The van der Waals surface area contributed by atoms with Crippen LogP contribution in [0.4, 0.5) is 0 Å². The molecule has 7 atom stereocenters. The van der Waals surface area contributed by atoms with E-state index in [0.29, 0.717) is 5.56 Å². The summed E-state index contributed by atoms with van der Waals surface area (Å²) in [6, 6.07) is 6.02. The van der Waals surface area contributed by atoms with Gasteiger partial charge in [-0.15, -0.1) is 0 Å². The second-order valence-corrected chi connectivity index (χ2v) is 9.19. The fourth-order valence-corrected chi connectivity index (χ4v) is 4.34. The normalized spacial score (nSPS) is 23.7. The topological polar surface area (TPSA) is 206 Å². The van der Waals surface area contributed by atoms with Crippen LogP contribution in [0.15, 0.2) is 30.3 Å². The third kappa shape index (κ3) is 7.17. The molecule has 14 heteroatoms. The summed E-state index contributed by atoms with van der Waals surface area (Å²) in [5, 5.41) is 70.5. The Labute approximate surface area is 242 Å². The Morgan fingerprint density at radius 2 is 1.33 bits per heavy atom. The van der Waals surface area contributed by atoms with Gasteiger partial charge in [0.25, 0.3) is 0 Å². The van der Waals surface area contributed by atoms with Crippen molar-refractivity contribution in [3.8, 4) is 34.5 Å². The molecule has 0 aromatic heterocycles. The number of hydrogen-bond acceptors (Lipinski definition) is 14. The fourth-order valence-electron chi connectivity index (χ4n) is 4.34. The van der Waals surface area contributed by atoms with Crippen molar-refractivity contribution in [1.82, 2.24) is 0 Å². The maximum atomic E-state index is 11.3. The minimum absolute atomic E-state index is 0.0206. The van der Waals surface area contributed by atoms with E-state index in [4.69, 9.17) is 38.3 Å². The summed E-state index contributed by atoms with van der Waals surface area (Å²) in [5.74, 6) is 0.573. The Morgan fingerprint density at radius 1 is 0.786 bits per heavy atom. The summed E-state index contributed by atoms with van der Waals surface area (Å²) < 4.78 is 38.9. The molecule has 2 aromatic rings. The highest BCUT2D eigenvalue weighted by Gasteiger charge is 2.45. The molecule has 3 rings (SSSR count). The molecule has 0 saturated carbocycles. The summed E-state index contributed by atoms with van der Waals surface area (Å²) in [6.45, 7) is -1.45. The Bertz CT molecular complexity index is 1140. The first-order valence-corrected chi connectivity index (χ1v) is 12.9. The molecule has 234 valence electrons. The van der Waals surface area contributed by atoms with Crippen LogP contribution in [0.3, 0.4) is 0 Å². The average Bonchev–Trinajstić information content (AvgIpc) is 3.02. The standard InChI is InChI=1S/C28H38O14/c1-36-16-8-14(6-5-7-29)9-17(37-2)26(16)40-20(12-30)22(32)15-10-18(38-3)27(19(11-15)39-4)42-28-25(35)24(34)23(33)21(13-31)41-28/h5-6,8-11,20-25,28-35H,7,12-13H2,1-4H3/b6-5+/t20-,21-,22+,23-,24+,25-,28+/m1/s1. The van der Waals surface area contributed by atoms with E-state index in [-0.39, 0.29) is 46.7 Å². The van der Waals surface area contributed by atoms with Crippen LogP contribution >= 0.6 is 0 Å². The number of aliphatic hydroxyl groups excluding tert-OH is 7. The predicted octanol–water partition coefficient (Wildman–Crippen LogP) is -0.621. The van der Waals surface area contributed by atoms with Gasteiger partial charge in [-0.2, -0.15) is 0 Å². The molecule has 7 N–H and O–H groups in total. The van der Waals surface area contributed by atoms with Crippen molar-refractivity contribution >= 4 is 6.08 Å². The van der Waals surface area contributed by atoms with Gasteiger partial charge in [0.05, 0.1) is 48.3 Å². The predicted molar refractivity (Wildman–Crippen MR) is 146 cm³/mol. The molecule has 1 fully saturated rings. The third-order valence-corrected chi connectivity index (χ3v) is 6.61. The van der Waals surface area contributed by atoms with Crippen LogP contribution in [-0.4, -0.2) is 121 Å². The monoisotopic (exact) mass is 598 g/mol. The van der Waals surface area contributed by atoms with E-state index in [1.54, 1.807) is 18.2 Å². The molecular weight excluding hydrogens is 560 g/mol. The van der Waals surface area contributed by atoms with Gasteiger partial charge in [0.2, 0.25) is 17.8 Å². The molecule has 1 aliphatic heterocycles. The molecule has 1 aliphatic rings. The van der Waals surface area contributed by atoms with Crippen LogP contribution in [0.5, 0.6) is 34.5 Å². The van der Waals surface area contributed by atoms with Gasteiger partial charge in [0, 0.05) is 0 Å². The Morgan fingerprint density at radius 3 is 1.81 bits per heavy atom. The van der Waals surface area contributed by atoms with E-state index in [2.05, 4.69) is 0 Å².